The minimum atomic E-state index is -0.417. The Bertz CT molecular complexity index is 1310. The number of phenols is 1. The zero-order valence-electron chi connectivity index (χ0n) is 24.8. The summed E-state index contributed by atoms with van der Waals surface area (Å²) >= 11 is 0. The third-order valence-electron chi connectivity index (χ3n) is 7.09. The molecule has 0 fully saturated rings. The summed E-state index contributed by atoms with van der Waals surface area (Å²) in [5.41, 5.74) is 5.16. The summed E-state index contributed by atoms with van der Waals surface area (Å²) in [6.07, 6.45) is 1.76. The molecule has 1 aromatic heterocycles. The number of rotatable bonds is 13. The molecule has 1 atom stereocenters. The van der Waals surface area contributed by atoms with Crippen molar-refractivity contribution < 1.29 is 24.1 Å². The fraction of sp³-hybridized carbons (Fsp3) is 0.500. The highest BCUT2D eigenvalue weighted by atomic mass is 16.5. The van der Waals surface area contributed by atoms with E-state index in [1.807, 2.05) is 63.8 Å². The number of nitrogens with zero attached hydrogens (tertiary/aromatic N) is 2. The lowest BCUT2D eigenvalue weighted by atomic mass is 9.93. The minimum Gasteiger partial charge on any atom is -0.507 e. The molecule has 40 heavy (non-hydrogen) atoms. The van der Waals surface area contributed by atoms with E-state index in [9.17, 15) is 9.90 Å². The largest absolute Gasteiger partial charge is 0.507 e. The summed E-state index contributed by atoms with van der Waals surface area (Å²) < 4.78 is 17.9. The van der Waals surface area contributed by atoms with E-state index in [-0.39, 0.29) is 17.8 Å². The predicted molar refractivity (Wildman–Crippen MR) is 156 cm³/mol. The van der Waals surface area contributed by atoms with Crippen LogP contribution in [0.2, 0.25) is 0 Å². The summed E-state index contributed by atoms with van der Waals surface area (Å²) in [5, 5.41) is 18.5. The van der Waals surface area contributed by atoms with Crippen LogP contribution < -0.4 is 9.47 Å². The Balaban J connectivity index is 1.78. The smallest absolute Gasteiger partial charge is 0.273 e. The predicted octanol–water partition coefficient (Wildman–Crippen LogP) is 6.58. The van der Waals surface area contributed by atoms with Crippen molar-refractivity contribution in [3.8, 4) is 28.5 Å². The monoisotopic (exact) mass is 549 g/mol. The number of H-pyrrole nitrogens is 1. The summed E-state index contributed by atoms with van der Waals surface area (Å²) in [6.45, 7) is 16.3. The second kappa shape index (κ2) is 12.8. The summed E-state index contributed by atoms with van der Waals surface area (Å²) in [7, 11) is 0. The van der Waals surface area contributed by atoms with Crippen molar-refractivity contribution in [2.75, 3.05) is 26.4 Å². The van der Waals surface area contributed by atoms with Crippen molar-refractivity contribution in [2.24, 2.45) is 5.92 Å². The Labute approximate surface area is 237 Å². The van der Waals surface area contributed by atoms with Gasteiger partial charge in [-0.05, 0) is 88.3 Å². The van der Waals surface area contributed by atoms with Crippen LogP contribution in [0.1, 0.15) is 86.2 Å². The lowest BCUT2D eigenvalue weighted by Gasteiger charge is -2.27. The molecule has 0 spiro atoms. The fourth-order valence-electron chi connectivity index (χ4n) is 5.26. The molecule has 2 aromatic carbocycles. The molecule has 1 aliphatic heterocycles. The SMILES string of the molecule is CCOc1cc(C2c3c(-c4c(C)cc(C)cc4O)n[nH]c3C(=O)N2CCCOC(C)C)ccc1OCCC(C)C. The Morgan fingerprint density at radius 2 is 1.82 bits per heavy atom. The van der Waals surface area contributed by atoms with E-state index in [0.717, 1.165) is 28.7 Å². The molecule has 0 radical (unpaired) electrons. The van der Waals surface area contributed by atoms with E-state index in [0.29, 0.717) is 67.2 Å². The van der Waals surface area contributed by atoms with Crippen LogP contribution in [0.5, 0.6) is 17.2 Å². The van der Waals surface area contributed by atoms with Crippen molar-refractivity contribution in [3.63, 3.8) is 0 Å². The average Bonchev–Trinajstić information content (AvgIpc) is 3.41. The van der Waals surface area contributed by atoms with Gasteiger partial charge in [-0.1, -0.05) is 26.0 Å². The molecular weight excluding hydrogens is 506 g/mol. The molecule has 1 amide bonds. The molecule has 216 valence electrons. The second-order valence-corrected chi connectivity index (χ2v) is 11.2. The van der Waals surface area contributed by atoms with Crippen LogP contribution >= 0.6 is 0 Å². The van der Waals surface area contributed by atoms with Crippen molar-refractivity contribution in [1.29, 1.82) is 0 Å². The molecule has 0 saturated heterocycles. The molecule has 2 heterocycles. The molecule has 8 heteroatoms. The first-order valence-electron chi connectivity index (χ1n) is 14.3. The highest BCUT2D eigenvalue weighted by molar-refractivity contribution is 6.00. The van der Waals surface area contributed by atoms with Crippen molar-refractivity contribution in [1.82, 2.24) is 15.1 Å². The third kappa shape index (κ3) is 6.28. The lowest BCUT2D eigenvalue weighted by Crippen LogP contribution is -2.31. The molecule has 1 aliphatic rings. The maximum absolute atomic E-state index is 13.8. The van der Waals surface area contributed by atoms with E-state index in [2.05, 4.69) is 24.0 Å². The van der Waals surface area contributed by atoms with Crippen LogP contribution in [-0.4, -0.2) is 58.6 Å². The van der Waals surface area contributed by atoms with E-state index in [4.69, 9.17) is 14.2 Å². The number of aromatic amines is 1. The van der Waals surface area contributed by atoms with Crippen molar-refractivity contribution in [3.05, 3.63) is 58.3 Å². The van der Waals surface area contributed by atoms with Crippen LogP contribution in [0.3, 0.4) is 0 Å². The molecule has 1 unspecified atom stereocenters. The Morgan fingerprint density at radius 1 is 1.05 bits per heavy atom. The standard InChI is InChI=1S/C32H43N3O5/c1-8-38-26-18-23(10-11-25(26)40-15-12-19(2)3)31-28-29(27-22(7)16-21(6)17-24(27)36)33-34-30(28)32(37)35(31)13-9-14-39-20(4)5/h10-11,16-20,31,36H,8-9,12-15H2,1-7H3,(H,33,34). The molecule has 3 aromatic rings. The van der Waals surface area contributed by atoms with Gasteiger partial charge in [-0.25, -0.2) is 0 Å². The van der Waals surface area contributed by atoms with Crippen LogP contribution in [-0.2, 0) is 4.74 Å². The molecule has 0 aliphatic carbocycles. The number of benzene rings is 2. The number of fused-ring (bicyclic) bond motifs is 1. The van der Waals surface area contributed by atoms with Gasteiger partial charge in [0, 0.05) is 24.3 Å². The summed E-state index contributed by atoms with van der Waals surface area (Å²) in [6, 6.07) is 9.22. The van der Waals surface area contributed by atoms with Gasteiger partial charge in [0.2, 0.25) is 0 Å². The van der Waals surface area contributed by atoms with Crippen molar-refractivity contribution in [2.45, 2.75) is 73.5 Å². The Kier molecular flexibility index (Phi) is 9.40. The van der Waals surface area contributed by atoms with E-state index < -0.39 is 6.04 Å². The lowest BCUT2D eigenvalue weighted by molar-refractivity contribution is 0.0601. The van der Waals surface area contributed by atoms with Crippen LogP contribution in [0.15, 0.2) is 30.3 Å². The third-order valence-corrected chi connectivity index (χ3v) is 7.09. The quantitative estimate of drug-likeness (QED) is 0.234. The number of phenolic OH excluding ortho intramolecular Hbond substituents is 1. The number of aromatic hydroxyl groups is 1. The molecule has 8 nitrogen and oxygen atoms in total. The normalized spacial score (nSPS) is 14.9. The van der Waals surface area contributed by atoms with Gasteiger partial charge in [-0.3, -0.25) is 9.89 Å². The van der Waals surface area contributed by atoms with Gasteiger partial charge >= 0.3 is 0 Å². The number of aromatic nitrogens is 2. The van der Waals surface area contributed by atoms with E-state index in [1.165, 1.54) is 0 Å². The number of ether oxygens (including phenoxy) is 3. The van der Waals surface area contributed by atoms with Crippen LogP contribution in [0, 0.1) is 19.8 Å². The molecule has 0 bridgehead atoms. The van der Waals surface area contributed by atoms with E-state index >= 15 is 0 Å². The minimum absolute atomic E-state index is 0.122. The zero-order chi connectivity index (χ0) is 29.0. The second-order valence-electron chi connectivity index (χ2n) is 11.2. The average molecular weight is 550 g/mol. The molecular formula is C32H43N3O5. The first kappa shape index (κ1) is 29.5. The van der Waals surface area contributed by atoms with E-state index in [1.54, 1.807) is 6.07 Å². The zero-order valence-corrected chi connectivity index (χ0v) is 24.8. The topological polar surface area (TPSA) is 96.9 Å². The molecule has 4 rings (SSSR count). The summed E-state index contributed by atoms with van der Waals surface area (Å²) in [4.78, 5) is 15.6. The molecule has 0 saturated carbocycles. The highest BCUT2D eigenvalue weighted by Gasteiger charge is 2.42. The first-order valence-corrected chi connectivity index (χ1v) is 14.3. The van der Waals surface area contributed by atoms with Crippen molar-refractivity contribution >= 4 is 5.91 Å². The number of carbonyl (C=O) groups excluding carboxylic acids is 1. The first-order chi connectivity index (χ1) is 19.1. The highest BCUT2D eigenvalue weighted by Crippen LogP contribution is 2.47. The molecule has 2 N–H and O–H groups in total. The van der Waals surface area contributed by atoms with Gasteiger partial charge in [0.25, 0.3) is 5.91 Å². The van der Waals surface area contributed by atoms with Gasteiger partial charge < -0.3 is 24.2 Å². The Hall–Kier alpha value is -3.52. The number of nitrogens with one attached hydrogen (secondary N) is 1. The number of carbonyl (C=O) groups is 1. The van der Waals surface area contributed by atoms with Gasteiger partial charge in [0.15, 0.2) is 11.5 Å². The van der Waals surface area contributed by atoms with Gasteiger partial charge in [-0.15, -0.1) is 0 Å². The maximum atomic E-state index is 13.8. The number of hydrogen-bond acceptors (Lipinski definition) is 6. The van der Waals surface area contributed by atoms with Gasteiger partial charge in [-0.2, -0.15) is 5.10 Å². The summed E-state index contributed by atoms with van der Waals surface area (Å²) in [5.74, 6) is 1.89. The maximum Gasteiger partial charge on any atom is 0.273 e. The number of amides is 1. The van der Waals surface area contributed by atoms with Gasteiger partial charge in [0.05, 0.1) is 25.4 Å². The van der Waals surface area contributed by atoms with Gasteiger partial charge in [0.1, 0.15) is 17.1 Å². The number of hydrogen-bond donors (Lipinski definition) is 2. The fourth-order valence-corrected chi connectivity index (χ4v) is 5.26. The Morgan fingerprint density at radius 3 is 2.50 bits per heavy atom. The van der Waals surface area contributed by atoms with Crippen LogP contribution in [0.4, 0.5) is 0 Å². The van der Waals surface area contributed by atoms with Crippen LogP contribution in [0.25, 0.3) is 11.3 Å². The number of aryl methyl sites for hydroxylation is 2.